The number of hydrogen-bond donors (Lipinski definition) is 1. The molecule has 1 heterocycles. The maximum Gasteiger partial charge on any atom is 0.374 e. The van der Waals surface area contributed by atoms with Crippen LogP contribution in [0.3, 0.4) is 0 Å². The van der Waals surface area contributed by atoms with Crippen LogP contribution in [0.4, 0.5) is 11.4 Å². The summed E-state index contributed by atoms with van der Waals surface area (Å²) in [6, 6.07) is 10.7. The summed E-state index contributed by atoms with van der Waals surface area (Å²) in [5.41, 5.74) is 0.899. The average Bonchev–Trinajstić information content (AvgIpc) is 3.04. The molecule has 0 radical (unpaired) electrons. The van der Waals surface area contributed by atoms with Crippen LogP contribution in [0.2, 0.25) is 5.02 Å². The number of esters is 1. The monoisotopic (exact) mass is 388 g/mol. The number of carbonyl (C=O) groups is 2. The molecule has 0 spiro atoms. The van der Waals surface area contributed by atoms with Crippen LogP contribution in [0.5, 0.6) is 0 Å². The van der Waals surface area contributed by atoms with Gasteiger partial charge in [0.05, 0.1) is 4.92 Å². The molecule has 138 valence electrons. The van der Waals surface area contributed by atoms with Crippen molar-refractivity contribution in [1.82, 2.24) is 0 Å². The fraction of sp³-hybridized carbons (Fsp3) is 0.111. The van der Waals surface area contributed by atoms with Crippen molar-refractivity contribution in [2.24, 2.45) is 0 Å². The second kappa shape index (κ2) is 7.46. The summed E-state index contributed by atoms with van der Waals surface area (Å²) in [6.45, 7) is 1.07. The van der Waals surface area contributed by atoms with Gasteiger partial charge in [0.25, 0.3) is 11.6 Å². The Morgan fingerprint density at radius 1 is 1.22 bits per heavy atom. The maximum absolute atomic E-state index is 12.0. The molecular weight excluding hydrogens is 376 g/mol. The Hall–Kier alpha value is -3.39. The quantitative estimate of drug-likeness (QED) is 0.400. The summed E-state index contributed by atoms with van der Waals surface area (Å²) in [5, 5.41) is 14.5. The zero-order chi connectivity index (χ0) is 19.6. The fourth-order valence-corrected chi connectivity index (χ4v) is 2.58. The number of ether oxygens (including phenoxy) is 1. The van der Waals surface area contributed by atoms with E-state index in [-0.39, 0.29) is 17.1 Å². The lowest BCUT2D eigenvalue weighted by Crippen LogP contribution is -2.21. The van der Waals surface area contributed by atoms with E-state index in [1.807, 2.05) is 0 Å². The molecule has 0 unspecified atom stereocenters. The van der Waals surface area contributed by atoms with Crippen molar-refractivity contribution >= 4 is 45.8 Å². The van der Waals surface area contributed by atoms with Crippen LogP contribution in [0.1, 0.15) is 16.1 Å². The first kappa shape index (κ1) is 18.4. The molecule has 0 aliphatic rings. The summed E-state index contributed by atoms with van der Waals surface area (Å²) in [4.78, 5) is 34.5. The van der Waals surface area contributed by atoms with Gasteiger partial charge in [0, 0.05) is 16.5 Å². The van der Waals surface area contributed by atoms with E-state index in [0.29, 0.717) is 21.6 Å². The molecule has 8 nitrogen and oxygen atoms in total. The molecule has 0 aliphatic heterocycles. The maximum atomic E-state index is 12.0. The zero-order valence-electron chi connectivity index (χ0n) is 14.0. The first-order valence-electron chi connectivity index (χ1n) is 7.74. The predicted octanol–water partition coefficient (Wildman–Crippen LogP) is 4.10. The third-order valence-corrected chi connectivity index (χ3v) is 3.87. The molecule has 0 aliphatic carbocycles. The van der Waals surface area contributed by atoms with Crippen LogP contribution in [-0.2, 0) is 9.53 Å². The summed E-state index contributed by atoms with van der Waals surface area (Å²) in [6.07, 6.45) is 0. The number of aryl methyl sites for hydroxylation is 1. The molecule has 0 bridgehead atoms. The van der Waals surface area contributed by atoms with Crippen molar-refractivity contribution in [2.75, 3.05) is 11.9 Å². The Morgan fingerprint density at radius 2 is 2.00 bits per heavy atom. The number of fused-ring (bicyclic) bond motifs is 1. The molecule has 27 heavy (non-hydrogen) atoms. The highest BCUT2D eigenvalue weighted by molar-refractivity contribution is 6.31. The van der Waals surface area contributed by atoms with E-state index in [1.54, 1.807) is 31.2 Å². The molecule has 3 aromatic rings. The largest absolute Gasteiger partial charge is 0.450 e. The molecule has 3 rings (SSSR count). The second-order valence-corrected chi connectivity index (χ2v) is 6.13. The molecular formula is C18H13ClN2O6. The number of anilines is 1. The number of rotatable bonds is 5. The van der Waals surface area contributed by atoms with E-state index in [4.69, 9.17) is 20.8 Å². The van der Waals surface area contributed by atoms with E-state index in [2.05, 4.69) is 5.32 Å². The van der Waals surface area contributed by atoms with Gasteiger partial charge < -0.3 is 14.5 Å². The lowest BCUT2D eigenvalue weighted by molar-refractivity contribution is -0.384. The number of nitrogens with one attached hydrogen (secondary N) is 1. The summed E-state index contributed by atoms with van der Waals surface area (Å²) in [5.74, 6) is -1.63. The topological polar surface area (TPSA) is 112 Å². The van der Waals surface area contributed by atoms with Crippen LogP contribution < -0.4 is 5.32 Å². The van der Waals surface area contributed by atoms with Gasteiger partial charge in [0.15, 0.2) is 6.61 Å². The van der Waals surface area contributed by atoms with E-state index in [0.717, 1.165) is 0 Å². The van der Waals surface area contributed by atoms with Crippen LogP contribution in [0, 0.1) is 17.0 Å². The second-order valence-electron chi connectivity index (χ2n) is 5.69. The Labute approximate surface area is 157 Å². The van der Waals surface area contributed by atoms with Crippen molar-refractivity contribution < 1.29 is 23.7 Å². The van der Waals surface area contributed by atoms with Gasteiger partial charge >= 0.3 is 5.97 Å². The molecule has 0 fully saturated rings. The predicted molar refractivity (Wildman–Crippen MR) is 98.0 cm³/mol. The Bertz CT molecular complexity index is 1060. The van der Waals surface area contributed by atoms with Crippen LogP contribution in [-0.4, -0.2) is 23.4 Å². The van der Waals surface area contributed by atoms with Gasteiger partial charge in [-0.1, -0.05) is 17.7 Å². The summed E-state index contributed by atoms with van der Waals surface area (Å²) >= 11 is 5.87. The van der Waals surface area contributed by atoms with Gasteiger partial charge in [0.1, 0.15) is 11.3 Å². The van der Waals surface area contributed by atoms with Crippen molar-refractivity contribution in [3.63, 3.8) is 0 Å². The molecule has 0 atom stereocenters. The van der Waals surface area contributed by atoms with Crippen LogP contribution >= 0.6 is 11.6 Å². The Morgan fingerprint density at radius 3 is 2.74 bits per heavy atom. The summed E-state index contributed by atoms with van der Waals surface area (Å²) in [7, 11) is 0. The average molecular weight is 389 g/mol. The van der Waals surface area contributed by atoms with Gasteiger partial charge in [-0.3, -0.25) is 14.9 Å². The third-order valence-electron chi connectivity index (χ3n) is 3.64. The number of nitrogens with zero attached hydrogens (tertiary/aromatic N) is 1. The zero-order valence-corrected chi connectivity index (χ0v) is 14.8. The third kappa shape index (κ3) is 4.24. The number of hydrogen-bond acceptors (Lipinski definition) is 6. The van der Waals surface area contributed by atoms with Crippen molar-refractivity contribution in [3.8, 4) is 0 Å². The molecule has 2 aromatic carbocycles. The Kier molecular flexibility index (Phi) is 5.09. The minimum atomic E-state index is -0.837. The van der Waals surface area contributed by atoms with Crippen molar-refractivity contribution in [1.29, 1.82) is 0 Å². The van der Waals surface area contributed by atoms with Crippen molar-refractivity contribution in [2.45, 2.75) is 6.92 Å². The number of halogens is 1. The lowest BCUT2D eigenvalue weighted by Gasteiger charge is -2.07. The van der Waals surface area contributed by atoms with E-state index in [9.17, 15) is 19.7 Å². The highest BCUT2D eigenvalue weighted by Crippen LogP contribution is 2.25. The minimum absolute atomic E-state index is 0.0185. The van der Waals surface area contributed by atoms with Crippen molar-refractivity contribution in [3.05, 3.63) is 68.9 Å². The number of furan rings is 1. The number of nitro groups is 1. The molecule has 1 aromatic heterocycles. The highest BCUT2D eigenvalue weighted by atomic mass is 35.5. The SMILES string of the molecule is Cc1ccc(NC(=O)COC(=O)c2cc3cc(Cl)ccc3o2)c([N+](=O)[O-])c1. The van der Waals surface area contributed by atoms with E-state index >= 15 is 0 Å². The standard InChI is InChI=1S/C18H13ClN2O6/c1-10-2-4-13(14(6-10)21(24)25)20-17(22)9-26-18(23)16-8-11-7-12(19)3-5-15(11)27-16/h2-8H,9H2,1H3,(H,20,22). The van der Waals surface area contributed by atoms with Gasteiger partial charge in [0.2, 0.25) is 5.76 Å². The van der Waals surface area contributed by atoms with Gasteiger partial charge in [-0.05, 0) is 42.8 Å². The van der Waals surface area contributed by atoms with Crippen LogP contribution in [0.15, 0.2) is 46.9 Å². The molecule has 0 saturated heterocycles. The smallest absolute Gasteiger partial charge is 0.374 e. The molecule has 1 amide bonds. The molecule has 1 N–H and O–H groups in total. The summed E-state index contributed by atoms with van der Waals surface area (Å²) < 4.78 is 10.2. The number of amides is 1. The highest BCUT2D eigenvalue weighted by Gasteiger charge is 2.19. The van der Waals surface area contributed by atoms with Gasteiger partial charge in [-0.15, -0.1) is 0 Å². The van der Waals surface area contributed by atoms with Gasteiger partial charge in [-0.2, -0.15) is 0 Å². The first-order chi connectivity index (χ1) is 12.8. The number of benzene rings is 2. The minimum Gasteiger partial charge on any atom is -0.450 e. The number of carbonyl (C=O) groups excluding carboxylic acids is 2. The fourth-order valence-electron chi connectivity index (χ4n) is 2.40. The lowest BCUT2D eigenvalue weighted by atomic mass is 10.2. The normalized spacial score (nSPS) is 10.6. The molecule has 9 heteroatoms. The van der Waals surface area contributed by atoms with E-state index in [1.165, 1.54) is 18.2 Å². The number of nitro benzene ring substituents is 1. The van der Waals surface area contributed by atoms with E-state index < -0.39 is 23.4 Å². The Balaban J connectivity index is 1.65. The first-order valence-corrected chi connectivity index (χ1v) is 8.12. The van der Waals surface area contributed by atoms with Crippen LogP contribution in [0.25, 0.3) is 11.0 Å². The van der Waals surface area contributed by atoms with Gasteiger partial charge in [-0.25, -0.2) is 4.79 Å². The molecule has 0 saturated carbocycles.